The number of carbonyl (C=O) groups excluding carboxylic acids is 1. The number of aryl methyl sites for hydroxylation is 1. The molecule has 3 aromatic rings. The van der Waals surface area contributed by atoms with E-state index in [1.54, 1.807) is 22.7 Å². The fourth-order valence-corrected chi connectivity index (χ4v) is 3.22. The van der Waals surface area contributed by atoms with E-state index < -0.39 is 0 Å². The van der Waals surface area contributed by atoms with Crippen LogP contribution in [-0.4, -0.2) is 37.6 Å². The zero-order valence-corrected chi connectivity index (χ0v) is 14.9. The Morgan fingerprint density at radius 3 is 2.79 bits per heavy atom. The highest BCUT2D eigenvalue weighted by atomic mass is 32.1. The standard InChI is InChI=1S/C16H19N5O2S/c1-9-10(2)19-21(11(9)3)8-14(22)20(4)7-13-17-12-5-6-24-15(12)16(23)18-13/h5-6H,7-8H2,1-4H3,(H,17,18,23). The molecule has 8 heteroatoms. The summed E-state index contributed by atoms with van der Waals surface area (Å²) >= 11 is 1.36. The Labute approximate surface area is 142 Å². The van der Waals surface area contributed by atoms with Gasteiger partial charge in [-0.1, -0.05) is 0 Å². The second-order valence-corrected chi connectivity index (χ2v) is 6.77. The maximum Gasteiger partial charge on any atom is 0.268 e. The first-order valence-corrected chi connectivity index (χ1v) is 8.45. The monoisotopic (exact) mass is 345 g/mol. The molecule has 1 amide bonds. The van der Waals surface area contributed by atoms with Crippen LogP contribution in [0.4, 0.5) is 0 Å². The first-order chi connectivity index (χ1) is 11.4. The van der Waals surface area contributed by atoms with Gasteiger partial charge in [0.25, 0.3) is 5.56 Å². The number of hydrogen-bond acceptors (Lipinski definition) is 5. The molecule has 126 valence electrons. The molecular weight excluding hydrogens is 326 g/mol. The van der Waals surface area contributed by atoms with Gasteiger partial charge in [-0.3, -0.25) is 14.3 Å². The van der Waals surface area contributed by atoms with E-state index in [1.165, 1.54) is 11.3 Å². The second-order valence-electron chi connectivity index (χ2n) is 5.85. The Hall–Kier alpha value is -2.48. The van der Waals surface area contributed by atoms with Crippen LogP contribution in [0.15, 0.2) is 16.2 Å². The fraction of sp³-hybridized carbons (Fsp3) is 0.375. The molecule has 3 heterocycles. The van der Waals surface area contributed by atoms with Crippen molar-refractivity contribution < 1.29 is 4.79 Å². The van der Waals surface area contributed by atoms with E-state index in [4.69, 9.17) is 0 Å². The number of rotatable bonds is 4. The SMILES string of the molecule is Cc1nn(CC(=O)N(C)Cc2nc3ccsc3c(=O)[nH]2)c(C)c1C. The van der Waals surface area contributed by atoms with E-state index in [0.29, 0.717) is 16.0 Å². The van der Waals surface area contributed by atoms with Crippen LogP contribution in [0.3, 0.4) is 0 Å². The topological polar surface area (TPSA) is 83.9 Å². The molecule has 1 N–H and O–H groups in total. The summed E-state index contributed by atoms with van der Waals surface area (Å²) in [4.78, 5) is 33.1. The first kappa shape index (κ1) is 16.4. The Bertz CT molecular complexity index is 969. The van der Waals surface area contributed by atoms with Gasteiger partial charge in [0, 0.05) is 12.7 Å². The van der Waals surface area contributed by atoms with Crippen molar-refractivity contribution in [1.29, 1.82) is 0 Å². The summed E-state index contributed by atoms with van der Waals surface area (Å²) in [6, 6.07) is 1.80. The van der Waals surface area contributed by atoms with Crippen molar-refractivity contribution in [2.24, 2.45) is 0 Å². The molecule has 0 aliphatic carbocycles. The van der Waals surface area contributed by atoms with Gasteiger partial charge in [0.15, 0.2) is 0 Å². The minimum atomic E-state index is -0.167. The molecule has 0 saturated heterocycles. The van der Waals surface area contributed by atoms with Crippen LogP contribution in [0.25, 0.3) is 10.2 Å². The van der Waals surface area contributed by atoms with Crippen LogP contribution in [0, 0.1) is 20.8 Å². The van der Waals surface area contributed by atoms with Crippen LogP contribution in [0.1, 0.15) is 22.8 Å². The quantitative estimate of drug-likeness (QED) is 0.781. The molecule has 0 aromatic carbocycles. The molecule has 7 nitrogen and oxygen atoms in total. The Balaban J connectivity index is 1.75. The number of amides is 1. The van der Waals surface area contributed by atoms with E-state index in [2.05, 4.69) is 15.1 Å². The van der Waals surface area contributed by atoms with Gasteiger partial charge in [0.2, 0.25) is 5.91 Å². The molecule has 0 radical (unpaired) electrons. The second kappa shape index (κ2) is 6.20. The van der Waals surface area contributed by atoms with Crippen molar-refractivity contribution in [3.63, 3.8) is 0 Å². The molecule has 0 aliphatic heterocycles. The summed E-state index contributed by atoms with van der Waals surface area (Å²) < 4.78 is 2.31. The highest BCUT2D eigenvalue weighted by Gasteiger charge is 2.15. The predicted octanol–water partition coefficient (Wildman–Crippen LogP) is 1.76. The lowest BCUT2D eigenvalue weighted by Crippen LogP contribution is -2.31. The van der Waals surface area contributed by atoms with Crippen molar-refractivity contribution in [2.75, 3.05) is 7.05 Å². The normalized spacial score (nSPS) is 11.2. The lowest BCUT2D eigenvalue weighted by Gasteiger charge is -2.17. The Kier molecular flexibility index (Phi) is 4.23. The van der Waals surface area contributed by atoms with Gasteiger partial charge < -0.3 is 9.88 Å². The number of H-pyrrole nitrogens is 1. The summed E-state index contributed by atoms with van der Waals surface area (Å²) in [6.07, 6.45) is 0. The van der Waals surface area contributed by atoms with Crippen LogP contribution in [0.5, 0.6) is 0 Å². The highest BCUT2D eigenvalue weighted by Crippen LogP contribution is 2.14. The maximum atomic E-state index is 12.4. The van der Waals surface area contributed by atoms with Crippen LogP contribution in [0.2, 0.25) is 0 Å². The Morgan fingerprint density at radius 2 is 2.12 bits per heavy atom. The highest BCUT2D eigenvalue weighted by molar-refractivity contribution is 7.17. The average molecular weight is 345 g/mol. The van der Waals surface area contributed by atoms with Gasteiger partial charge in [0.05, 0.1) is 17.8 Å². The van der Waals surface area contributed by atoms with E-state index >= 15 is 0 Å². The molecule has 0 atom stereocenters. The number of likely N-dealkylation sites (N-methyl/N-ethyl adjacent to an activating group) is 1. The Morgan fingerprint density at radius 1 is 1.38 bits per heavy atom. The van der Waals surface area contributed by atoms with E-state index in [9.17, 15) is 9.59 Å². The van der Waals surface area contributed by atoms with Gasteiger partial charge in [0.1, 0.15) is 17.1 Å². The number of fused-ring (bicyclic) bond motifs is 1. The van der Waals surface area contributed by atoms with Crippen molar-refractivity contribution in [2.45, 2.75) is 33.9 Å². The lowest BCUT2D eigenvalue weighted by molar-refractivity contribution is -0.131. The van der Waals surface area contributed by atoms with Gasteiger partial charge >= 0.3 is 0 Å². The minimum absolute atomic E-state index is 0.0892. The van der Waals surface area contributed by atoms with Crippen molar-refractivity contribution in [3.05, 3.63) is 44.6 Å². The van der Waals surface area contributed by atoms with Crippen LogP contribution < -0.4 is 5.56 Å². The molecule has 0 bridgehead atoms. The average Bonchev–Trinajstić information content (AvgIpc) is 3.09. The molecule has 0 aliphatic rings. The number of hydrogen-bond donors (Lipinski definition) is 1. The van der Waals surface area contributed by atoms with Gasteiger partial charge in [-0.2, -0.15) is 5.10 Å². The number of carbonyl (C=O) groups is 1. The van der Waals surface area contributed by atoms with Crippen molar-refractivity contribution in [1.82, 2.24) is 24.6 Å². The third kappa shape index (κ3) is 2.96. The lowest BCUT2D eigenvalue weighted by atomic mass is 10.2. The van der Waals surface area contributed by atoms with Gasteiger partial charge in [-0.25, -0.2) is 4.98 Å². The summed E-state index contributed by atoms with van der Waals surface area (Å²) in [5, 5.41) is 6.21. The molecule has 0 saturated carbocycles. The van der Waals surface area contributed by atoms with Crippen LogP contribution >= 0.6 is 11.3 Å². The number of aromatic amines is 1. The predicted molar refractivity (Wildman–Crippen MR) is 93.2 cm³/mol. The van der Waals surface area contributed by atoms with E-state index in [0.717, 1.165) is 17.0 Å². The molecule has 3 rings (SSSR count). The molecule has 0 fully saturated rings. The van der Waals surface area contributed by atoms with E-state index in [-0.39, 0.29) is 24.6 Å². The number of nitrogens with one attached hydrogen (secondary N) is 1. The minimum Gasteiger partial charge on any atom is -0.337 e. The molecule has 3 aromatic heterocycles. The van der Waals surface area contributed by atoms with Gasteiger partial charge in [-0.15, -0.1) is 11.3 Å². The summed E-state index contributed by atoms with van der Waals surface area (Å²) in [5.74, 6) is 0.389. The number of aromatic nitrogens is 4. The summed E-state index contributed by atoms with van der Waals surface area (Å²) in [7, 11) is 1.69. The molecule has 24 heavy (non-hydrogen) atoms. The van der Waals surface area contributed by atoms with Crippen LogP contribution in [-0.2, 0) is 17.9 Å². The third-order valence-corrected chi connectivity index (χ3v) is 5.11. The smallest absolute Gasteiger partial charge is 0.268 e. The first-order valence-electron chi connectivity index (χ1n) is 7.57. The number of thiophene rings is 1. The molecule has 0 spiro atoms. The zero-order chi connectivity index (χ0) is 17.4. The maximum absolute atomic E-state index is 12.4. The molecule has 0 unspecified atom stereocenters. The molecular formula is C16H19N5O2S. The number of nitrogens with zero attached hydrogens (tertiary/aromatic N) is 4. The van der Waals surface area contributed by atoms with E-state index in [1.807, 2.05) is 26.2 Å². The largest absolute Gasteiger partial charge is 0.337 e. The summed E-state index contributed by atoms with van der Waals surface area (Å²) in [6.45, 7) is 6.29. The summed E-state index contributed by atoms with van der Waals surface area (Å²) in [5.41, 5.74) is 3.51. The fourth-order valence-electron chi connectivity index (χ4n) is 2.50. The zero-order valence-electron chi connectivity index (χ0n) is 14.1. The van der Waals surface area contributed by atoms with Crippen molar-refractivity contribution >= 4 is 27.5 Å². The third-order valence-electron chi connectivity index (χ3n) is 4.20. The van der Waals surface area contributed by atoms with Gasteiger partial charge in [-0.05, 0) is 37.8 Å². The van der Waals surface area contributed by atoms with Crippen molar-refractivity contribution in [3.8, 4) is 0 Å².